The molecule has 2 heterocycles. The number of aliphatic carboxylic acids is 3. The van der Waals surface area contributed by atoms with E-state index in [-0.39, 0.29) is 78.8 Å². The fourth-order valence-electron chi connectivity index (χ4n) is 5.96. The normalized spacial score (nSPS) is 14.6. The highest BCUT2D eigenvalue weighted by atomic mass is 33.1. The van der Waals surface area contributed by atoms with Crippen LogP contribution in [0.4, 0.5) is 17.5 Å². The summed E-state index contributed by atoms with van der Waals surface area (Å²) < 4.78 is 5.15. The Bertz CT molecular complexity index is 2320. The molecule has 0 saturated carbocycles. The summed E-state index contributed by atoms with van der Waals surface area (Å²) in [7, 11) is 2.04. The number of carboxylic acid groups (broad SMARTS) is 3. The number of anilines is 3. The Morgan fingerprint density at radius 1 is 0.746 bits per heavy atom. The Morgan fingerprint density at radius 3 is 2.04 bits per heavy atom. The van der Waals surface area contributed by atoms with Crippen LogP contribution in [0.1, 0.15) is 61.5 Å². The van der Waals surface area contributed by atoms with E-state index in [2.05, 4.69) is 46.5 Å². The number of rotatable bonds is 32. The summed E-state index contributed by atoms with van der Waals surface area (Å²) in [6.45, 7) is -0.123. The van der Waals surface area contributed by atoms with Gasteiger partial charge in [-0.2, -0.15) is 9.97 Å². The molecule has 28 nitrogen and oxygen atoms in total. The second-order valence-electron chi connectivity index (χ2n) is 15.6. The van der Waals surface area contributed by atoms with Gasteiger partial charge in [-0.3, -0.25) is 28.8 Å². The molecular formula is C41H57N11O17S2. The number of ether oxygens (including phenoxy) is 1. The number of aliphatic hydroxyl groups excluding tert-OH is 5. The number of aliphatic hydroxyl groups is 5. The van der Waals surface area contributed by atoms with Crippen LogP contribution in [-0.4, -0.2) is 182 Å². The van der Waals surface area contributed by atoms with Crippen LogP contribution in [0.25, 0.3) is 11.2 Å². The van der Waals surface area contributed by atoms with Crippen LogP contribution < -0.4 is 38.1 Å². The van der Waals surface area contributed by atoms with E-state index in [1.807, 2.05) is 0 Å². The lowest BCUT2D eigenvalue weighted by Crippen LogP contribution is -2.53. The standard InChI is InChI=1S/C41H57N11O17S2/c1-19(2-10-29(57)58)36(62)48-23(7-9-28(56)45-16-26(54)32(60)33(61)27(55)17-53)38(64)50-25(40(67)68)18-71-70-13-12-69-30(59)11-8-24(39(65)66)49-37(63)20-3-5-21(6-4-20)44-14-22-15-46-35-31(47-22)34(42)51-41(43)52-35/h3-6,15,19,23-27,32-33,44,53-55,60-61H,2,7-14,16-18H2,1H3,(H,45,56)(H,48,62)(H,49,63)(H,50,64)(H,57,58)(H,65,66)(H,67,68)(H4,42,43,46,51,52)/t19?,23-,24-,25-,26-,27+,32+,33+/m0/s1. The van der Waals surface area contributed by atoms with Gasteiger partial charge in [0.15, 0.2) is 17.0 Å². The fourth-order valence-corrected chi connectivity index (χ4v) is 7.95. The summed E-state index contributed by atoms with van der Waals surface area (Å²) in [5.41, 5.74) is 13.2. The molecule has 390 valence electrons. The molecule has 3 aromatic rings. The van der Waals surface area contributed by atoms with E-state index in [1.54, 1.807) is 12.1 Å². The number of hydrogen-bond acceptors (Lipinski definition) is 23. The first-order valence-corrected chi connectivity index (χ1v) is 24.1. The van der Waals surface area contributed by atoms with Crippen LogP contribution in [0.3, 0.4) is 0 Å². The van der Waals surface area contributed by atoms with Crippen LogP contribution in [0.2, 0.25) is 0 Å². The number of nitrogens with one attached hydrogen (secondary N) is 5. The maximum atomic E-state index is 13.3. The summed E-state index contributed by atoms with van der Waals surface area (Å²) in [5.74, 6) is -9.11. The highest BCUT2D eigenvalue weighted by Gasteiger charge is 2.32. The maximum Gasteiger partial charge on any atom is 0.327 e. The van der Waals surface area contributed by atoms with Crippen molar-refractivity contribution < 1.29 is 83.9 Å². The summed E-state index contributed by atoms with van der Waals surface area (Å²) in [4.78, 5) is 116. The number of carbonyl (C=O) groups is 8. The van der Waals surface area contributed by atoms with Gasteiger partial charge in [-0.1, -0.05) is 28.5 Å². The molecule has 0 aliphatic rings. The third-order valence-electron chi connectivity index (χ3n) is 10.1. The SMILES string of the molecule is CC(CCC(=O)O)C(=O)N[C@@H](CCC(=O)NC[C@H](O)[C@@H](O)[C@H](O)[C@H](O)CO)C(=O)N[C@@H](CSSCCOC(=O)CC[C@H](NC(=O)c1ccc(NCc2cnc3nc(N)nc(N)c3n2)cc1)C(=O)O)C(=O)O. The second kappa shape index (κ2) is 29.5. The van der Waals surface area contributed by atoms with Gasteiger partial charge in [0.2, 0.25) is 23.7 Å². The Labute approximate surface area is 411 Å². The van der Waals surface area contributed by atoms with Crippen molar-refractivity contribution in [1.82, 2.24) is 41.2 Å². The third-order valence-corrected chi connectivity index (χ3v) is 12.5. The topological polar surface area (TPSA) is 471 Å². The van der Waals surface area contributed by atoms with Gasteiger partial charge in [0, 0.05) is 54.5 Å². The number of esters is 1. The van der Waals surface area contributed by atoms with Gasteiger partial charge in [-0.05, 0) is 43.5 Å². The molecular weight excluding hydrogens is 983 g/mol. The highest BCUT2D eigenvalue weighted by Crippen LogP contribution is 2.22. The minimum atomic E-state index is -1.97. The molecule has 2 aromatic heterocycles. The minimum Gasteiger partial charge on any atom is -0.481 e. The van der Waals surface area contributed by atoms with E-state index < -0.39 is 122 Å². The number of nitrogen functional groups attached to an aromatic ring is 2. The summed E-state index contributed by atoms with van der Waals surface area (Å²) >= 11 is 0. The number of benzene rings is 1. The Balaban J connectivity index is 1.44. The van der Waals surface area contributed by atoms with E-state index in [1.165, 1.54) is 25.3 Å². The average molecular weight is 1040 g/mol. The van der Waals surface area contributed by atoms with Crippen molar-refractivity contribution in [2.75, 3.05) is 48.0 Å². The van der Waals surface area contributed by atoms with Crippen molar-refractivity contribution in [3.05, 3.63) is 41.7 Å². The van der Waals surface area contributed by atoms with Gasteiger partial charge in [-0.25, -0.2) is 19.6 Å². The molecule has 17 N–H and O–H groups in total. The van der Waals surface area contributed by atoms with Crippen molar-refractivity contribution in [1.29, 1.82) is 0 Å². The highest BCUT2D eigenvalue weighted by molar-refractivity contribution is 8.76. The second-order valence-corrected chi connectivity index (χ2v) is 18.2. The van der Waals surface area contributed by atoms with E-state index >= 15 is 0 Å². The first kappa shape index (κ1) is 58.6. The zero-order valence-corrected chi connectivity index (χ0v) is 39.6. The molecule has 1 unspecified atom stereocenters. The lowest BCUT2D eigenvalue weighted by atomic mass is 10.0. The number of nitrogens with zero attached hydrogens (tertiary/aromatic N) is 4. The molecule has 0 fully saturated rings. The number of fused-ring (bicyclic) bond motifs is 1. The van der Waals surface area contributed by atoms with E-state index in [9.17, 15) is 69.0 Å². The summed E-state index contributed by atoms with van der Waals surface area (Å²) in [5, 5.41) is 89.1. The number of nitrogens with two attached hydrogens (primary N) is 2. The molecule has 0 saturated heterocycles. The first-order valence-electron chi connectivity index (χ1n) is 21.6. The minimum absolute atomic E-state index is 0.0372. The number of aromatic nitrogens is 4. The van der Waals surface area contributed by atoms with Crippen molar-refractivity contribution in [3.8, 4) is 0 Å². The number of amides is 4. The maximum absolute atomic E-state index is 13.3. The monoisotopic (exact) mass is 1040 g/mol. The van der Waals surface area contributed by atoms with Gasteiger partial charge in [-0.15, -0.1) is 0 Å². The molecule has 0 aliphatic heterocycles. The van der Waals surface area contributed by atoms with E-state index in [0.717, 1.165) is 21.6 Å². The molecule has 3 rings (SSSR count). The lowest BCUT2D eigenvalue weighted by Gasteiger charge is -2.26. The molecule has 8 atom stereocenters. The number of carbonyl (C=O) groups excluding carboxylic acids is 5. The largest absolute Gasteiger partial charge is 0.481 e. The average Bonchev–Trinajstić information content (AvgIpc) is 3.33. The lowest BCUT2D eigenvalue weighted by molar-refractivity contribution is -0.144. The van der Waals surface area contributed by atoms with Crippen LogP contribution in [0.5, 0.6) is 0 Å². The smallest absolute Gasteiger partial charge is 0.327 e. The van der Waals surface area contributed by atoms with E-state index in [4.69, 9.17) is 26.4 Å². The van der Waals surface area contributed by atoms with Crippen LogP contribution in [0, 0.1) is 5.92 Å². The van der Waals surface area contributed by atoms with Crippen molar-refractivity contribution in [2.24, 2.45) is 5.92 Å². The Kier molecular flexibility index (Phi) is 24.3. The van der Waals surface area contributed by atoms with Crippen molar-refractivity contribution in [3.63, 3.8) is 0 Å². The zero-order valence-electron chi connectivity index (χ0n) is 38.0. The molecule has 0 bridgehead atoms. The van der Waals surface area contributed by atoms with Crippen LogP contribution in [0.15, 0.2) is 30.5 Å². The number of hydrogen-bond donors (Lipinski definition) is 15. The van der Waals surface area contributed by atoms with Gasteiger partial charge < -0.3 is 83.6 Å². The molecule has 0 spiro atoms. The molecule has 71 heavy (non-hydrogen) atoms. The van der Waals surface area contributed by atoms with Crippen LogP contribution in [-0.2, 0) is 44.8 Å². The van der Waals surface area contributed by atoms with Crippen molar-refractivity contribution in [2.45, 2.75) is 94.5 Å². The summed E-state index contributed by atoms with van der Waals surface area (Å²) in [6.07, 6.45) is -8.10. The number of carboxylic acids is 3. The fraction of sp³-hybridized carbons (Fsp3) is 0.512. The van der Waals surface area contributed by atoms with Crippen LogP contribution >= 0.6 is 21.6 Å². The first-order chi connectivity index (χ1) is 33.6. The molecule has 4 amide bonds. The van der Waals surface area contributed by atoms with Gasteiger partial charge in [0.1, 0.15) is 43.0 Å². The predicted octanol–water partition coefficient (Wildman–Crippen LogP) is -3.03. The summed E-state index contributed by atoms with van der Waals surface area (Å²) in [6, 6.07) is 1.60. The van der Waals surface area contributed by atoms with Gasteiger partial charge in [0.25, 0.3) is 5.91 Å². The quantitative estimate of drug-likeness (QED) is 0.0168. The Morgan fingerprint density at radius 2 is 1.39 bits per heavy atom. The van der Waals surface area contributed by atoms with E-state index in [0.29, 0.717) is 11.4 Å². The molecule has 0 aliphatic carbocycles. The predicted molar refractivity (Wildman–Crippen MR) is 253 cm³/mol. The third kappa shape index (κ3) is 20.3. The molecule has 30 heteroatoms. The van der Waals surface area contributed by atoms with Gasteiger partial charge in [0.05, 0.1) is 31.1 Å². The zero-order chi connectivity index (χ0) is 52.8. The molecule has 1 aromatic carbocycles. The van der Waals surface area contributed by atoms with Gasteiger partial charge >= 0.3 is 23.9 Å². The van der Waals surface area contributed by atoms with Crippen molar-refractivity contribution >= 4 is 97.7 Å². The molecule has 0 radical (unpaired) electrons. The Hall–Kier alpha value is -6.70.